The van der Waals surface area contributed by atoms with Crippen molar-refractivity contribution in [1.82, 2.24) is 5.32 Å². The molecule has 19 heavy (non-hydrogen) atoms. The molecule has 0 aliphatic carbocycles. The average molecular weight is 264 g/mol. The highest BCUT2D eigenvalue weighted by molar-refractivity contribution is 5.93. The second kappa shape index (κ2) is 7.11. The van der Waals surface area contributed by atoms with E-state index in [-0.39, 0.29) is 11.8 Å². The Hall–Kier alpha value is -1.59. The zero-order chi connectivity index (χ0) is 13.5. The lowest BCUT2D eigenvalue weighted by Crippen LogP contribution is -2.24. The molecule has 2 rings (SSSR count). The minimum Gasteiger partial charge on any atom is -0.491 e. The molecule has 104 valence electrons. The van der Waals surface area contributed by atoms with Gasteiger partial charge in [-0.1, -0.05) is 6.07 Å². The van der Waals surface area contributed by atoms with Crippen LogP contribution in [0.25, 0.3) is 0 Å². The maximum Gasteiger partial charge on any atom is 0.228 e. The number of ether oxygens (including phenoxy) is 2. The molecule has 1 aromatic carbocycles. The summed E-state index contributed by atoms with van der Waals surface area (Å²) < 4.78 is 10.4. The number of nitrogens with one attached hydrogen (secondary N) is 2. The average Bonchev–Trinajstić information content (AvgIpc) is 2.93. The van der Waals surface area contributed by atoms with Crippen LogP contribution in [0.15, 0.2) is 24.3 Å². The fourth-order valence-corrected chi connectivity index (χ4v) is 2.03. The Morgan fingerprint density at radius 1 is 1.47 bits per heavy atom. The van der Waals surface area contributed by atoms with Gasteiger partial charge in [-0.25, -0.2) is 0 Å². The summed E-state index contributed by atoms with van der Waals surface area (Å²) in [4.78, 5) is 12.0. The number of hydrogen-bond donors (Lipinski definition) is 2. The van der Waals surface area contributed by atoms with E-state index < -0.39 is 0 Å². The van der Waals surface area contributed by atoms with Gasteiger partial charge in [-0.05, 0) is 25.1 Å². The second-order valence-corrected chi connectivity index (χ2v) is 4.55. The summed E-state index contributed by atoms with van der Waals surface area (Å²) in [6.45, 7) is 2.72. The molecular weight excluding hydrogens is 244 g/mol. The number of hydrogen-bond acceptors (Lipinski definition) is 4. The van der Waals surface area contributed by atoms with Gasteiger partial charge in [0.05, 0.1) is 12.5 Å². The van der Waals surface area contributed by atoms with E-state index in [1.807, 2.05) is 24.3 Å². The van der Waals surface area contributed by atoms with Crippen LogP contribution in [0.1, 0.15) is 6.42 Å². The van der Waals surface area contributed by atoms with E-state index in [4.69, 9.17) is 9.47 Å². The largest absolute Gasteiger partial charge is 0.491 e. The molecule has 1 saturated heterocycles. The van der Waals surface area contributed by atoms with Gasteiger partial charge in [-0.3, -0.25) is 4.79 Å². The molecule has 0 radical (unpaired) electrons. The van der Waals surface area contributed by atoms with Gasteiger partial charge in [-0.2, -0.15) is 0 Å². The summed E-state index contributed by atoms with van der Waals surface area (Å²) in [5, 5.41) is 6.11. The van der Waals surface area contributed by atoms with E-state index in [2.05, 4.69) is 10.6 Å². The highest BCUT2D eigenvalue weighted by Gasteiger charge is 2.22. The van der Waals surface area contributed by atoms with Crippen molar-refractivity contribution >= 4 is 11.6 Å². The fourth-order valence-electron chi connectivity index (χ4n) is 2.03. The number of rotatable bonds is 6. The standard InChI is InChI=1S/C14H20N2O3/c1-18-7-8-19-13-4-2-3-12(9-13)16-14(17)11-5-6-15-10-11/h2-4,9,11,15H,5-8,10H2,1H3,(H,16,17). The molecule has 0 spiro atoms. The normalized spacial score (nSPS) is 18.3. The molecule has 5 nitrogen and oxygen atoms in total. The van der Waals surface area contributed by atoms with Gasteiger partial charge in [0.2, 0.25) is 5.91 Å². The van der Waals surface area contributed by atoms with E-state index in [0.717, 1.165) is 30.9 Å². The molecule has 5 heteroatoms. The number of methoxy groups -OCH3 is 1. The number of carbonyl (C=O) groups excluding carboxylic acids is 1. The molecule has 2 N–H and O–H groups in total. The molecule has 1 unspecified atom stereocenters. The second-order valence-electron chi connectivity index (χ2n) is 4.55. The third-order valence-corrected chi connectivity index (χ3v) is 3.09. The Morgan fingerprint density at radius 2 is 2.37 bits per heavy atom. The molecule has 1 heterocycles. The van der Waals surface area contributed by atoms with Crippen molar-refractivity contribution < 1.29 is 14.3 Å². The first-order valence-electron chi connectivity index (χ1n) is 6.53. The summed E-state index contributed by atoms with van der Waals surface area (Å²) in [5.41, 5.74) is 0.770. The zero-order valence-corrected chi connectivity index (χ0v) is 11.1. The van der Waals surface area contributed by atoms with Crippen LogP contribution in [-0.2, 0) is 9.53 Å². The van der Waals surface area contributed by atoms with Crippen LogP contribution in [0.5, 0.6) is 5.75 Å². The monoisotopic (exact) mass is 264 g/mol. The topological polar surface area (TPSA) is 59.6 Å². The van der Waals surface area contributed by atoms with E-state index in [1.54, 1.807) is 7.11 Å². The van der Waals surface area contributed by atoms with E-state index >= 15 is 0 Å². The molecule has 1 amide bonds. The third-order valence-electron chi connectivity index (χ3n) is 3.09. The highest BCUT2D eigenvalue weighted by Crippen LogP contribution is 2.19. The first kappa shape index (κ1) is 13.8. The summed E-state index contributed by atoms with van der Waals surface area (Å²) >= 11 is 0. The Bertz CT molecular complexity index is 417. The molecule has 1 aromatic rings. The van der Waals surface area contributed by atoms with Crippen molar-refractivity contribution in [3.63, 3.8) is 0 Å². The van der Waals surface area contributed by atoms with Gasteiger partial charge in [-0.15, -0.1) is 0 Å². The van der Waals surface area contributed by atoms with Crippen molar-refractivity contribution in [2.24, 2.45) is 5.92 Å². The lowest BCUT2D eigenvalue weighted by Gasteiger charge is -2.11. The Balaban J connectivity index is 1.88. The molecule has 0 bridgehead atoms. The van der Waals surface area contributed by atoms with E-state index in [1.165, 1.54) is 0 Å². The number of benzene rings is 1. The Kier molecular flexibility index (Phi) is 5.18. The van der Waals surface area contributed by atoms with Crippen molar-refractivity contribution in [2.75, 3.05) is 38.7 Å². The lowest BCUT2D eigenvalue weighted by atomic mass is 10.1. The molecule has 0 saturated carbocycles. The summed E-state index contributed by atoms with van der Waals surface area (Å²) in [7, 11) is 1.63. The Labute approximate surface area is 113 Å². The minimum absolute atomic E-state index is 0.0677. The van der Waals surface area contributed by atoms with Crippen LogP contribution >= 0.6 is 0 Å². The van der Waals surface area contributed by atoms with Crippen molar-refractivity contribution in [3.05, 3.63) is 24.3 Å². The predicted molar refractivity (Wildman–Crippen MR) is 73.4 cm³/mol. The van der Waals surface area contributed by atoms with Crippen LogP contribution < -0.4 is 15.4 Å². The van der Waals surface area contributed by atoms with Crippen molar-refractivity contribution in [2.45, 2.75) is 6.42 Å². The molecule has 1 fully saturated rings. The lowest BCUT2D eigenvalue weighted by molar-refractivity contribution is -0.119. The predicted octanol–water partition coefficient (Wildman–Crippen LogP) is 1.26. The minimum atomic E-state index is 0.0677. The quantitative estimate of drug-likeness (QED) is 0.759. The zero-order valence-electron chi connectivity index (χ0n) is 11.1. The van der Waals surface area contributed by atoms with Crippen molar-refractivity contribution in [3.8, 4) is 5.75 Å². The van der Waals surface area contributed by atoms with Crippen molar-refractivity contribution in [1.29, 1.82) is 0 Å². The maximum atomic E-state index is 12.0. The molecule has 1 aliphatic rings. The van der Waals surface area contributed by atoms with E-state index in [9.17, 15) is 4.79 Å². The van der Waals surface area contributed by atoms with Crippen LogP contribution in [0.2, 0.25) is 0 Å². The number of carbonyl (C=O) groups is 1. The maximum absolute atomic E-state index is 12.0. The number of anilines is 1. The number of amides is 1. The molecule has 1 aliphatic heterocycles. The van der Waals surface area contributed by atoms with Crippen LogP contribution in [0.4, 0.5) is 5.69 Å². The fraction of sp³-hybridized carbons (Fsp3) is 0.500. The summed E-state index contributed by atoms with van der Waals surface area (Å²) in [6, 6.07) is 7.42. The van der Waals surface area contributed by atoms with Crippen LogP contribution in [-0.4, -0.2) is 39.3 Å². The van der Waals surface area contributed by atoms with Crippen LogP contribution in [0, 0.1) is 5.92 Å². The third kappa shape index (κ3) is 4.22. The van der Waals surface area contributed by atoms with E-state index in [0.29, 0.717) is 13.2 Å². The SMILES string of the molecule is COCCOc1cccc(NC(=O)C2CCNC2)c1. The van der Waals surface area contributed by atoms with Gasteiger partial charge in [0, 0.05) is 25.4 Å². The molecule has 1 atom stereocenters. The van der Waals surface area contributed by atoms with Gasteiger partial charge in [0.1, 0.15) is 12.4 Å². The molecular formula is C14H20N2O3. The highest BCUT2D eigenvalue weighted by atomic mass is 16.5. The Morgan fingerprint density at radius 3 is 3.11 bits per heavy atom. The first-order chi connectivity index (χ1) is 9.29. The smallest absolute Gasteiger partial charge is 0.228 e. The first-order valence-corrected chi connectivity index (χ1v) is 6.53. The van der Waals surface area contributed by atoms with Crippen LogP contribution in [0.3, 0.4) is 0 Å². The van der Waals surface area contributed by atoms with Gasteiger partial charge >= 0.3 is 0 Å². The summed E-state index contributed by atoms with van der Waals surface area (Å²) in [6.07, 6.45) is 0.899. The van der Waals surface area contributed by atoms with Gasteiger partial charge < -0.3 is 20.1 Å². The van der Waals surface area contributed by atoms with Gasteiger partial charge in [0.25, 0.3) is 0 Å². The summed E-state index contributed by atoms with van der Waals surface area (Å²) in [5.74, 6) is 0.872. The molecule has 0 aromatic heterocycles. The van der Waals surface area contributed by atoms with Gasteiger partial charge in [0.15, 0.2) is 0 Å².